The van der Waals surface area contributed by atoms with Crippen molar-refractivity contribution in [3.05, 3.63) is 87.4 Å². The number of carbonyl (C=O) groups excluding carboxylic acids is 2. The van der Waals surface area contributed by atoms with Gasteiger partial charge in [0.15, 0.2) is 5.58 Å². The lowest BCUT2D eigenvalue weighted by Gasteiger charge is -2.36. The van der Waals surface area contributed by atoms with Gasteiger partial charge < -0.3 is 14.6 Å². The molecule has 0 spiro atoms. The molecule has 9 heteroatoms. The van der Waals surface area contributed by atoms with Crippen LogP contribution < -0.4 is 11.1 Å². The highest BCUT2D eigenvalue weighted by Gasteiger charge is 2.30. The Kier molecular flexibility index (Phi) is 6.96. The summed E-state index contributed by atoms with van der Waals surface area (Å²) in [4.78, 5) is 48.8. The Bertz CT molecular complexity index is 1650. The molecule has 1 saturated carbocycles. The highest BCUT2D eigenvalue weighted by Crippen LogP contribution is 2.32. The van der Waals surface area contributed by atoms with Crippen LogP contribution in [0.3, 0.4) is 0 Å². The monoisotopic (exact) mass is 539 g/mol. The van der Waals surface area contributed by atoms with Gasteiger partial charge in [-0.15, -0.1) is 0 Å². The van der Waals surface area contributed by atoms with E-state index in [9.17, 15) is 14.4 Å². The summed E-state index contributed by atoms with van der Waals surface area (Å²) in [5.41, 5.74) is 5.59. The molecule has 1 aliphatic carbocycles. The fourth-order valence-electron chi connectivity index (χ4n) is 6.28. The highest BCUT2D eigenvalue weighted by molar-refractivity contribution is 6.09. The molecular weight excluding hydrogens is 506 g/mol. The number of amides is 2. The Morgan fingerprint density at radius 2 is 1.88 bits per heavy atom. The van der Waals surface area contributed by atoms with E-state index in [4.69, 9.17) is 4.42 Å². The van der Waals surface area contributed by atoms with Crippen LogP contribution in [-0.2, 0) is 19.9 Å². The molecule has 2 aliphatic rings. The summed E-state index contributed by atoms with van der Waals surface area (Å²) in [5.74, 6) is -0.122. The number of hydrogen-bond donors (Lipinski definition) is 1. The van der Waals surface area contributed by atoms with Crippen LogP contribution in [0.15, 0.2) is 58.0 Å². The summed E-state index contributed by atoms with van der Waals surface area (Å²) in [5, 5.41) is 3.09. The van der Waals surface area contributed by atoms with Gasteiger partial charge in [0, 0.05) is 36.6 Å². The SMILES string of the molecule is Cc1cc(C(=O)c2cc(CCC3CCC(N4CCc5ccccc5NC4=O)CC3)ncn2)cc2oc(=O)n(C)c12. The van der Waals surface area contributed by atoms with Crippen LogP contribution in [0, 0.1) is 12.8 Å². The maximum Gasteiger partial charge on any atom is 0.419 e. The zero-order valence-electron chi connectivity index (χ0n) is 22.9. The van der Waals surface area contributed by atoms with Crippen LogP contribution in [0.4, 0.5) is 10.5 Å². The van der Waals surface area contributed by atoms with Gasteiger partial charge in [-0.3, -0.25) is 9.36 Å². The number of hydrogen-bond acceptors (Lipinski definition) is 6. The molecule has 1 fully saturated rings. The minimum Gasteiger partial charge on any atom is -0.408 e. The van der Waals surface area contributed by atoms with Crippen molar-refractivity contribution in [2.45, 2.75) is 57.9 Å². The summed E-state index contributed by atoms with van der Waals surface area (Å²) in [6.07, 6.45) is 8.21. The van der Waals surface area contributed by atoms with Gasteiger partial charge in [0.25, 0.3) is 0 Å². The molecule has 3 heterocycles. The third-order valence-electron chi connectivity index (χ3n) is 8.50. The van der Waals surface area contributed by atoms with E-state index in [1.807, 2.05) is 30.0 Å². The van der Waals surface area contributed by atoms with E-state index in [-0.39, 0.29) is 17.9 Å². The van der Waals surface area contributed by atoms with Crippen molar-refractivity contribution in [3.8, 4) is 0 Å². The minimum absolute atomic E-state index is 0.00956. The second-order valence-electron chi connectivity index (χ2n) is 11.0. The van der Waals surface area contributed by atoms with E-state index in [1.54, 1.807) is 25.2 Å². The minimum atomic E-state index is -0.457. The Hall–Kier alpha value is -4.27. The molecule has 6 rings (SSSR count). The number of para-hydroxylation sites is 1. The molecule has 0 radical (unpaired) electrons. The Morgan fingerprint density at radius 3 is 2.70 bits per heavy atom. The molecule has 9 nitrogen and oxygen atoms in total. The molecular formula is C31H33N5O4. The first-order valence-electron chi connectivity index (χ1n) is 14.0. The zero-order chi connectivity index (χ0) is 27.8. The predicted molar refractivity (Wildman–Crippen MR) is 152 cm³/mol. The van der Waals surface area contributed by atoms with Gasteiger partial charge in [0.2, 0.25) is 5.78 Å². The van der Waals surface area contributed by atoms with Crippen LogP contribution in [-0.4, -0.2) is 43.8 Å². The first kappa shape index (κ1) is 26.0. The van der Waals surface area contributed by atoms with Gasteiger partial charge in [-0.2, -0.15) is 0 Å². The number of carbonyl (C=O) groups is 2. The number of rotatable bonds is 6. The number of aromatic nitrogens is 3. The number of fused-ring (bicyclic) bond motifs is 2. The normalized spacial score (nSPS) is 19.2. The van der Waals surface area contributed by atoms with E-state index < -0.39 is 5.76 Å². The van der Waals surface area contributed by atoms with Crippen molar-refractivity contribution in [2.75, 3.05) is 11.9 Å². The molecule has 0 atom stereocenters. The van der Waals surface area contributed by atoms with Crippen LogP contribution in [0.2, 0.25) is 0 Å². The lowest BCUT2D eigenvalue weighted by atomic mass is 9.82. The summed E-state index contributed by atoms with van der Waals surface area (Å²) in [6.45, 7) is 2.60. The van der Waals surface area contributed by atoms with Gasteiger partial charge in [0.05, 0.1) is 5.52 Å². The van der Waals surface area contributed by atoms with Gasteiger partial charge in [-0.25, -0.2) is 19.6 Å². The van der Waals surface area contributed by atoms with E-state index in [1.165, 1.54) is 16.5 Å². The molecule has 1 aliphatic heterocycles. The third kappa shape index (κ3) is 5.03. The lowest BCUT2D eigenvalue weighted by Crippen LogP contribution is -2.44. The summed E-state index contributed by atoms with van der Waals surface area (Å²) < 4.78 is 6.75. The zero-order valence-corrected chi connectivity index (χ0v) is 22.9. The largest absolute Gasteiger partial charge is 0.419 e. The molecule has 0 unspecified atom stereocenters. The van der Waals surface area contributed by atoms with Crippen molar-refractivity contribution >= 4 is 28.6 Å². The summed E-state index contributed by atoms with van der Waals surface area (Å²) in [7, 11) is 1.65. The number of benzene rings is 2. The molecule has 2 aromatic carbocycles. The third-order valence-corrected chi connectivity index (χ3v) is 8.50. The Labute approximate surface area is 232 Å². The molecule has 40 heavy (non-hydrogen) atoms. The number of urea groups is 1. The molecule has 206 valence electrons. The number of anilines is 1. The second kappa shape index (κ2) is 10.7. The smallest absolute Gasteiger partial charge is 0.408 e. The predicted octanol–water partition coefficient (Wildman–Crippen LogP) is 5.04. The molecule has 1 N–H and O–H groups in total. The topological polar surface area (TPSA) is 110 Å². The fourth-order valence-corrected chi connectivity index (χ4v) is 6.28. The van der Waals surface area contributed by atoms with Gasteiger partial charge in [0.1, 0.15) is 12.0 Å². The van der Waals surface area contributed by atoms with Crippen LogP contribution in [0.25, 0.3) is 11.1 Å². The first-order valence-corrected chi connectivity index (χ1v) is 14.0. The van der Waals surface area contributed by atoms with Crippen LogP contribution >= 0.6 is 0 Å². The van der Waals surface area contributed by atoms with Crippen LogP contribution in [0.1, 0.15) is 65.0 Å². The average Bonchev–Trinajstić information content (AvgIpc) is 3.15. The quantitative estimate of drug-likeness (QED) is 0.344. The van der Waals surface area contributed by atoms with Crippen molar-refractivity contribution in [1.29, 1.82) is 0 Å². The Morgan fingerprint density at radius 1 is 1.07 bits per heavy atom. The standard InChI is InChI=1S/C31H33N5O4/c1-19-15-22(16-27-28(19)35(2)31(39)40-27)29(37)26-17-23(32-18-33-26)10-7-20-8-11-24(12-9-20)36-14-13-21-5-3-4-6-25(21)34-30(36)38/h3-6,15-18,20,24H,7-14H2,1-2H3,(H,34,38). The number of nitrogens with one attached hydrogen (secondary N) is 1. The number of nitrogens with zero attached hydrogens (tertiary/aromatic N) is 4. The highest BCUT2D eigenvalue weighted by atomic mass is 16.4. The molecule has 0 saturated heterocycles. The molecule has 0 bridgehead atoms. The Balaban J connectivity index is 1.06. The number of aryl methyl sites for hydroxylation is 3. The van der Waals surface area contributed by atoms with Gasteiger partial charge in [-0.1, -0.05) is 18.2 Å². The van der Waals surface area contributed by atoms with Gasteiger partial charge in [-0.05, 0) is 93.2 Å². The van der Waals surface area contributed by atoms with Crippen molar-refractivity contribution < 1.29 is 14.0 Å². The molecule has 2 aromatic heterocycles. The van der Waals surface area contributed by atoms with Crippen molar-refractivity contribution in [3.63, 3.8) is 0 Å². The number of oxazole rings is 1. The average molecular weight is 540 g/mol. The maximum atomic E-state index is 13.2. The first-order chi connectivity index (χ1) is 19.4. The van der Waals surface area contributed by atoms with Crippen LogP contribution in [0.5, 0.6) is 0 Å². The second-order valence-corrected chi connectivity index (χ2v) is 11.0. The lowest BCUT2D eigenvalue weighted by molar-refractivity contribution is 0.103. The molecule has 2 amide bonds. The summed E-state index contributed by atoms with van der Waals surface area (Å²) in [6, 6.07) is 13.5. The van der Waals surface area contributed by atoms with Crippen molar-refractivity contribution in [2.24, 2.45) is 13.0 Å². The van der Waals surface area contributed by atoms with Crippen molar-refractivity contribution in [1.82, 2.24) is 19.4 Å². The van der Waals surface area contributed by atoms with E-state index in [0.717, 1.165) is 68.4 Å². The fraction of sp³-hybridized carbons (Fsp3) is 0.387. The number of ketones is 1. The van der Waals surface area contributed by atoms with E-state index >= 15 is 0 Å². The van der Waals surface area contributed by atoms with E-state index in [0.29, 0.717) is 28.3 Å². The maximum absolute atomic E-state index is 13.2. The van der Waals surface area contributed by atoms with E-state index in [2.05, 4.69) is 21.4 Å². The summed E-state index contributed by atoms with van der Waals surface area (Å²) >= 11 is 0. The van der Waals surface area contributed by atoms with Gasteiger partial charge >= 0.3 is 11.8 Å². The molecule has 4 aromatic rings.